The van der Waals surface area contributed by atoms with Gasteiger partial charge in [0.05, 0.1) is 13.5 Å². The summed E-state index contributed by atoms with van der Waals surface area (Å²) in [5.74, 6) is 0.751. The highest BCUT2D eigenvalue weighted by atomic mass is 35.5. The number of carbonyl (C=O) groups is 2. The average Bonchev–Trinajstić information content (AvgIpc) is 2.69. The van der Waals surface area contributed by atoms with Crippen LogP contribution in [-0.4, -0.2) is 54.9 Å². The van der Waals surface area contributed by atoms with E-state index in [2.05, 4.69) is 0 Å². The van der Waals surface area contributed by atoms with Crippen LogP contribution in [0.15, 0.2) is 42.5 Å². The third-order valence-electron chi connectivity index (χ3n) is 4.91. The molecule has 2 N–H and O–H groups in total. The minimum Gasteiger partial charge on any atom is -0.496 e. The first-order chi connectivity index (χ1) is 13.0. The number of nitrogens with zero attached hydrogens (tertiary/aromatic N) is 2. The highest BCUT2D eigenvalue weighted by Crippen LogP contribution is 2.20. The lowest BCUT2D eigenvalue weighted by molar-refractivity contribution is -0.131. The molecule has 28 heavy (non-hydrogen) atoms. The Morgan fingerprint density at radius 1 is 1.00 bits per heavy atom. The molecule has 6 nitrogen and oxygen atoms in total. The van der Waals surface area contributed by atoms with Crippen molar-refractivity contribution >= 4 is 29.9 Å². The van der Waals surface area contributed by atoms with Crippen LogP contribution in [0.3, 0.4) is 0 Å². The molecule has 2 aromatic carbocycles. The highest BCUT2D eigenvalue weighted by molar-refractivity contribution is 5.95. The largest absolute Gasteiger partial charge is 0.496 e. The lowest BCUT2D eigenvalue weighted by atomic mass is 10.1. The number of nitrogens with two attached hydrogens (primary N) is 1. The Morgan fingerprint density at radius 2 is 1.61 bits per heavy atom. The zero-order chi connectivity index (χ0) is 19.4. The minimum absolute atomic E-state index is 0. The highest BCUT2D eigenvalue weighted by Gasteiger charge is 2.25. The molecule has 1 aliphatic rings. The maximum absolute atomic E-state index is 12.7. The van der Waals surface area contributed by atoms with Gasteiger partial charge in [-0.3, -0.25) is 9.59 Å². The maximum atomic E-state index is 12.7. The SMILES string of the molecule is COc1cc(C(=O)N2CCN(C(=O)Cc3ccc(N)cc3)CC2)ccc1C.Cl. The predicted octanol–water partition coefficient (Wildman–Crippen LogP) is 2.53. The molecule has 0 radical (unpaired) electrons. The van der Waals surface area contributed by atoms with Crippen molar-refractivity contribution in [2.24, 2.45) is 0 Å². The van der Waals surface area contributed by atoms with Gasteiger partial charge in [0.15, 0.2) is 0 Å². The van der Waals surface area contributed by atoms with Gasteiger partial charge < -0.3 is 20.3 Å². The molecule has 0 bridgehead atoms. The van der Waals surface area contributed by atoms with E-state index in [1.165, 1.54) is 0 Å². The lowest BCUT2D eigenvalue weighted by Gasteiger charge is -2.35. The molecule has 2 aromatic rings. The summed E-state index contributed by atoms with van der Waals surface area (Å²) in [5, 5.41) is 0. The fourth-order valence-corrected chi connectivity index (χ4v) is 3.22. The van der Waals surface area contributed by atoms with Crippen molar-refractivity contribution in [1.82, 2.24) is 9.80 Å². The molecule has 1 aliphatic heterocycles. The van der Waals surface area contributed by atoms with Crippen molar-refractivity contribution in [2.45, 2.75) is 13.3 Å². The van der Waals surface area contributed by atoms with Gasteiger partial charge in [-0.2, -0.15) is 0 Å². The molecule has 0 unspecified atom stereocenters. The van der Waals surface area contributed by atoms with Crippen LogP contribution in [0.1, 0.15) is 21.5 Å². The summed E-state index contributed by atoms with van der Waals surface area (Å²) in [6, 6.07) is 12.8. The number of piperazine rings is 1. The van der Waals surface area contributed by atoms with Crippen molar-refractivity contribution in [2.75, 3.05) is 39.0 Å². The van der Waals surface area contributed by atoms with Gasteiger partial charge in [0.25, 0.3) is 5.91 Å². The molecule has 150 valence electrons. The smallest absolute Gasteiger partial charge is 0.254 e. The number of rotatable bonds is 4. The van der Waals surface area contributed by atoms with Crippen LogP contribution in [0.5, 0.6) is 5.75 Å². The van der Waals surface area contributed by atoms with Gasteiger partial charge in [-0.1, -0.05) is 18.2 Å². The Hall–Kier alpha value is -2.73. The number of ether oxygens (including phenoxy) is 1. The van der Waals surface area contributed by atoms with Crippen molar-refractivity contribution in [1.29, 1.82) is 0 Å². The van der Waals surface area contributed by atoms with E-state index in [-0.39, 0.29) is 24.2 Å². The van der Waals surface area contributed by atoms with E-state index >= 15 is 0 Å². The van der Waals surface area contributed by atoms with Crippen molar-refractivity contribution in [3.05, 3.63) is 59.2 Å². The third kappa shape index (κ3) is 4.95. The predicted molar refractivity (Wildman–Crippen MR) is 112 cm³/mol. The Morgan fingerprint density at radius 3 is 2.21 bits per heavy atom. The molecule has 1 fully saturated rings. The Kier molecular flexibility index (Phi) is 7.29. The van der Waals surface area contributed by atoms with Crippen LogP contribution >= 0.6 is 12.4 Å². The molecule has 0 saturated carbocycles. The van der Waals surface area contributed by atoms with E-state index in [1.807, 2.05) is 36.1 Å². The number of hydrogen-bond donors (Lipinski definition) is 1. The van der Waals surface area contributed by atoms with E-state index in [4.69, 9.17) is 10.5 Å². The van der Waals surface area contributed by atoms with Gasteiger partial charge in [-0.25, -0.2) is 0 Å². The first-order valence-corrected chi connectivity index (χ1v) is 9.04. The van der Waals surface area contributed by atoms with Gasteiger partial charge in [0.1, 0.15) is 5.75 Å². The monoisotopic (exact) mass is 403 g/mol. The van der Waals surface area contributed by atoms with Crippen molar-refractivity contribution < 1.29 is 14.3 Å². The fraction of sp³-hybridized carbons (Fsp3) is 0.333. The van der Waals surface area contributed by atoms with Crippen LogP contribution in [0.4, 0.5) is 5.69 Å². The van der Waals surface area contributed by atoms with Crippen LogP contribution in [0.2, 0.25) is 0 Å². The quantitative estimate of drug-likeness (QED) is 0.796. The molecular weight excluding hydrogens is 378 g/mol. The maximum Gasteiger partial charge on any atom is 0.254 e. The van der Waals surface area contributed by atoms with Crippen LogP contribution in [-0.2, 0) is 11.2 Å². The number of aryl methyl sites for hydroxylation is 1. The summed E-state index contributed by atoms with van der Waals surface area (Å²) < 4.78 is 5.30. The molecule has 1 saturated heterocycles. The second kappa shape index (κ2) is 9.46. The minimum atomic E-state index is -0.0288. The van der Waals surface area contributed by atoms with Gasteiger partial charge in [-0.05, 0) is 42.3 Å². The molecule has 0 atom stereocenters. The van der Waals surface area contributed by atoms with Gasteiger partial charge >= 0.3 is 0 Å². The zero-order valence-electron chi connectivity index (χ0n) is 16.2. The number of methoxy groups -OCH3 is 1. The van der Waals surface area contributed by atoms with Gasteiger partial charge in [0.2, 0.25) is 5.91 Å². The molecule has 0 spiro atoms. The Bertz CT molecular complexity index is 831. The number of anilines is 1. The summed E-state index contributed by atoms with van der Waals surface area (Å²) in [6.07, 6.45) is 0.351. The van der Waals surface area contributed by atoms with Crippen molar-refractivity contribution in [3.8, 4) is 5.75 Å². The molecule has 2 amide bonds. The summed E-state index contributed by atoms with van der Waals surface area (Å²) in [5.41, 5.74) is 8.91. The Labute approximate surface area is 171 Å². The molecule has 3 rings (SSSR count). The van der Waals surface area contributed by atoms with Gasteiger partial charge in [0, 0.05) is 37.4 Å². The third-order valence-corrected chi connectivity index (χ3v) is 4.91. The molecule has 0 aliphatic carbocycles. The number of benzene rings is 2. The van der Waals surface area contributed by atoms with Crippen LogP contribution < -0.4 is 10.5 Å². The standard InChI is InChI=1S/C21H25N3O3.ClH/c1-15-3-6-17(14-19(15)27-2)21(26)24-11-9-23(10-12-24)20(25)13-16-4-7-18(22)8-5-16;/h3-8,14H,9-13,22H2,1-2H3;1H. The summed E-state index contributed by atoms with van der Waals surface area (Å²) in [7, 11) is 1.60. The van der Waals surface area contributed by atoms with E-state index < -0.39 is 0 Å². The number of carbonyl (C=O) groups excluding carboxylic acids is 2. The summed E-state index contributed by atoms with van der Waals surface area (Å²) >= 11 is 0. The Balaban J connectivity index is 0.00000280. The molecule has 7 heteroatoms. The second-order valence-electron chi connectivity index (χ2n) is 6.78. The molecule has 0 aromatic heterocycles. The first-order valence-electron chi connectivity index (χ1n) is 9.04. The fourth-order valence-electron chi connectivity index (χ4n) is 3.22. The van der Waals surface area contributed by atoms with E-state index in [0.29, 0.717) is 49.6 Å². The average molecular weight is 404 g/mol. The van der Waals surface area contributed by atoms with E-state index in [9.17, 15) is 9.59 Å². The van der Waals surface area contributed by atoms with E-state index in [0.717, 1.165) is 11.1 Å². The molecule has 1 heterocycles. The number of hydrogen-bond acceptors (Lipinski definition) is 4. The summed E-state index contributed by atoms with van der Waals surface area (Å²) in [6.45, 7) is 4.09. The molecular formula is C21H26ClN3O3. The number of halogens is 1. The van der Waals surface area contributed by atoms with Gasteiger partial charge in [-0.15, -0.1) is 12.4 Å². The number of amides is 2. The van der Waals surface area contributed by atoms with Crippen LogP contribution in [0, 0.1) is 6.92 Å². The van der Waals surface area contributed by atoms with Crippen molar-refractivity contribution in [3.63, 3.8) is 0 Å². The topological polar surface area (TPSA) is 75.9 Å². The second-order valence-corrected chi connectivity index (χ2v) is 6.78. The normalized spacial score (nSPS) is 13.6. The summed E-state index contributed by atoms with van der Waals surface area (Å²) in [4.78, 5) is 28.8. The lowest BCUT2D eigenvalue weighted by Crippen LogP contribution is -2.51. The zero-order valence-corrected chi connectivity index (χ0v) is 17.0. The van der Waals surface area contributed by atoms with E-state index in [1.54, 1.807) is 30.2 Å². The first kappa shape index (κ1) is 21.6. The number of nitrogen functional groups attached to an aromatic ring is 1. The van der Waals surface area contributed by atoms with Crippen LogP contribution in [0.25, 0.3) is 0 Å².